The van der Waals surface area contributed by atoms with Gasteiger partial charge in [-0.3, -0.25) is 14.4 Å². The number of para-hydroxylation sites is 2. The van der Waals surface area contributed by atoms with E-state index < -0.39 is 23.4 Å². The predicted octanol–water partition coefficient (Wildman–Crippen LogP) is 6.22. The zero-order valence-corrected chi connectivity index (χ0v) is 23.5. The first kappa shape index (κ1) is 26.7. The summed E-state index contributed by atoms with van der Waals surface area (Å²) in [6, 6.07) is 28.5. The molecule has 1 amide bonds. The summed E-state index contributed by atoms with van der Waals surface area (Å²) in [6.45, 7) is -0.249. The van der Waals surface area contributed by atoms with Crippen LogP contribution in [0, 0.1) is 17.2 Å². The molecule has 0 radical (unpaired) electrons. The molecule has 0 bridgehead atoms. The van der Waals surface area contributed by atoms with Crippen LogP contribution in [0.15, 0.2) is 103 Å². The van der Waals surface area contributed by atoms with Crippen LogP contribution in [0.25, 0.3) is 6.08 Å². The van der Waals surface area contributed by atoms with Crippen molar-refractivity contribution in [1.82, 2.24) is 4.90 Å². The third kappa shape index (κ3) is 3.91. The van der Waals surface area contributed by atoms with Gasteiger partial charge >= 0.3 is 0 Å². The molecule has 1 spiro atoms. The second kappa shape index (κ2) is 10.3. The van der Waals surface area contributed by atoms with E-state index in [-0.39, 0.29) is 35.4 Å². The van der Waals surface area contributed by atoms with Crippen molar-refractivity contribution >= 4 is 40.8 Å². The number of ether oxygens (including phenoxy) is 1. The predicted molar refractivity (Wildman–Crippen MR) is 162 cm³/mol. The monoisotopic (exact) mass is 585 g/mol. The van der Waals surface area contributed by atoms with Gasteiger partial charge in [0.15, 0.2) is 18.2 Å². The van der Waals surface area contributed by atoms with Gasteiger partial charge in [0, 0.05) is 22.5 Å². The second-order valence-corrected chi connectivity index (χ2v) is 11.2. The average molecular weight is 586 g/mol. The van der Waals surface area contributed by atoms with Gasteiger partial charge in [0.1, 0.15) is 23.3 Å². The summed E-state index contributed by atoms with van der Waals surface area (Å²) in [5.74, 6) is -1.97. The number of carbonyl (C=O) groups is 3. The second-order valence-electron chi connectivity index (χ2n) is 10.8. The quantitative estimate of drug-likeness (QED) is 0.270. The number of nitrogens with one attached hydrogen (secondary N) is 1. The lowest BCUT2D eigenvalue weighted by atomic mass is 9.62. The fourth-order valence-corrected chi connectivity index (χ4v) is 7.15. The van der Waals surface area contributed by atoms with Crippen LogP contribution < -0.4 is 10.1 Å². The Morgan fingerprint density at radius 1 is 0.930 bits per heavy atom. The summed E-state index contributed by atoms with van der Waals surface area (Å²) in [6.07, 6.45) is 3.73. The number of ketones is 2. The molecule has 3 heterocycles. The number of fused-ring (bicyclic) bond motifs is 6. The number of rotatable bonds is 6. The van der Waals surface area contributed by atoms with Gasteiger partial charge in [-0.25, -0.2) is 0 Å². The van der Waals surface area contributed by atoms with Gasteiger partial charge in [-0.1, -0.05) is 66.2 Å². The number of nitriles is 1. The molecule has 43 heavy (non-hydrogen) atoms. The highest BCUT2D eigenvalue weighted by Crippen LogP contribution is 2.62. The molecule has 3 aliphatic heterocycles. The minimum atomic E-state index is -1.45. The molecule has 210 valence electrons. The number of nitrogens with zero attached hydrogens (tertiary/aromatic N) is 2. The van der Waals surface area contributed by atoms with E-state index in [0.717, 1.165) is 11.1 Å². The van der Waals surface area contributed by atoms with Crippen molar-refractivity contribution in [3.8, 4) is 11.8 Å². The topological polar surface area (TPSA) is 99.5 Å². The lowest BCUT2D eigenvalue weighted by Gasteiger charge is -2.38. The van der Waals surface area contributed by atoms with Crippen LogP contribution in [0.5, 0.6) is 5.75 Å². The van der Waals surface area contributed by atoms with E-state index >= 15 is 0 Å². The van der Waals surface area contributed by atoms with Crippen molar-refractivity contribution in [1.29, 1.82) is 5.26 Å². The third-order valence-electron chi connectivity index (χ3n) is 8.70. The van der Waals surface area contributed by atoms with Gasteiger partial charge in [-0.2, -0.15) is 5.26 Å². The standard InChI is InChI=1S/C35H24ClN3O4/c36-23-15-13-22(14-16-23)31(40)29-30(32(41)25-9-3-6-12-28(25)43-20-18-37)39-19-17-21-7-1-2-8-24(21)33(39)35(29)26-10-4-5-11-27(26)38-34(35)42/h1-17,19,29-30,33H,20H2,(H,38,42)/t29-,30+,33+,35+/m0/s1. The van der Waals surface area contributed by atoms with E-state index in [0.29, 0.717) is 21.8 Å². The van der Waals surface area contributed by atoms with E-state index in [9.17, 15) is 14.4 Å². The molecular weight excluding hydrogens is 562 g/mol. The smallest absolute Gasteiger partial charge is 0.238 e. The van der Waals surface area contributed by atoms with Gasteiger partial charge < -0.3 is 15.0 Å². The van der Waals surface area contributed by atoms with Crippen LogP contribution in [0.4, 0.5) is 5.69 Å². The number of hydrogen-bond donors (Lipinski definition) is 1. The molecule has 0 saturated carbocycles. The lowest BCUT2D eigenvalue weighted by Crippen LogP contribution is -2.49. The zero-order valence-electron chi connectivity index (χ0n) is 22.7. The number of amides is 1. The highest BCUT2D eigenvalue weighted by atomic mass is 35.5. The molecule has 3 aliphatic rings. The van der Waals surface area contributed by atoms with Crippen molar-refractivity contribution in [2.75, 3.05) is 11.9 Å². The summed E-state index contributed by atoms with van der Waals surface area (Å²) >= 11 is 6.18. The van der Waals surface area contributed by atoms with Crippen LogP contribution >= 0.6 is 11.6 Å². The summed E-state index contributed by atoms with van der Waals surface area (Å²) in [5, 5.41) is 12.7. The Labute approximate surface area is 253 Å². The van der Waals surface area contributed by atoms with Crippen molar-refractivity contribution in [2.45, 2.75) is 17.5 Å². The minimum absolute atomic E-state index is 0.228. The Kier molecular flexibility index (Phi) is 6.37. The van der Waals surface area contributed by atoms with Crippen molar-refractivity contribution in [3.63, 3.8) is 0 Å². The molecule has 7 nitrogen and oxygen atoms in total. The Balaban J connectivity index is 1.52. The van der Waals surface area contributed by atoms with Gasteiger partial charge in [0.25, 0.3) is 0 Å². The number of anilines is 1. The van der Waals surface area contributed by atoms with Crippen LogP contribution in [-0.2, 0) is 10.2 Å². The average Bonchev–Trinajstić information content (AvgIpc) is 3.52. The zero-order chi connectivity index (χ0) is 29.7. The molecule has 1 saturated heterocycles. The summed E-state index contributed by atoms with van der Waals surface area (Å²) in [4.78, 5) is 46.0. The Hall–Kier alpha value is -5.19. The van der Waals surface area contributed by atoms with Crippen molar-refractivity contribution < 1.29 is 19.1 Å². The first-order valence-electron chi connectivity index (χ1n) is 13.8. The van der Waals surface area contributed by atoms with Gasteiger partial charge in [-0.05, 0) is 65.2 Å². The summed E-state index contributed by atoms with van der Waals surface area (Å²) in [5.41, 5.74) is 2.15. The molecule has 4 aromatic carbocycles. The maximum atomic E-state index is 14.8. The number of hydrogen-bond acceptors (Lipinski definition) is 6. The molecular formula is C35H24ClN3O4. The Morgan fingerprint density at radius 3 is 2.47 bits per heavy atom. The van der Waals surface area contributed by atoms with Gasteiger partial charge in [0.2, 0.25) is 5.91 Å². The van der Waals surface area contributed by atoms with Crippen LogP contribution in [0.3, 0.4) is 0 Å². The van der Waals surface area contributed by atoms with Gasteiger partial charge in [-0.15, -0.1) is 0 Å². The van der Waals surface area contributed by atoms with Crippen molar-refractivity contribution in [3.05, 3.63) is 136 Å². The van der Waals surface area contributed by atoms with Crippen LogP contribution in [0.2, 0.25) is 5.02 Å². The van der Waals surface area contributed by atoms with Crippen LogP contribution in [-0.4, -0.2) is 35.0 Å². The molecule has 1 fully saturated rings. The molecule has 4 atom stereocenters. The minimum Gasteiger partial charge on any atom is -0.478 e. The molecule has 0 aromatic heterocycles. The first-order valence-corrected chi connectivity index (χ1v) is 14.2. The molecule has 8 heteroatoms. The largest absolute Gasteiger partial charge is 0.478 e. The van der Waals surface area contributed by atoms with Gasteiger partial charge in [0.05, 0.1) is 17.5 Å². The fraction of sp³-hybridized carbons (Fsp3) is 0.143. The molecule has 0 aliphatic carbocycles. The maximum Gasteiger partial charge on any atom is 0.238 e. The number of halogens is 1. The number of benzene rings is 4. The van der Waals surface area contributed by atoms with Crippen molar-refractivity contribution in [2.24, 2.45) is 5.92 Å². The summed E-state index contributed by atoms with van der Waals surface area (Å²) in [7, 11) is 0. The lowest BCUT2D eigenvalue weighted by molar-refractivity contribution is -0.122. The fourth-order valence-electron chi connectivity index (χ4n) is 7.03. The van der Waals surface area contributed by atoms with Crippen LogP contribution in [0.1, 0.15) is 43.4 Å². The van der Waals surface area contributed by atoms with E-state index in [4.69, 9.17) is 21.6 Å². The molecule has 0 unspecified atom stereocenters. The number of carbonyl (C=O) groups excluding carboxylic acids is 3. The Bertz CT molecular complexity index is 1880. The van der Waals surface area contributed by atoms with E-state index in [1.165, 1.54) is 0 Å². The van der Waals surface area contributed by atoms with E-state index in [1.54, 1.807) is 48.5 Å². The molecule has 4 aromatic rings. The normalized spacial score (nSPS) is 22.7. The molecule has 7 rings (SSSR count). The Morgan fingerprint density at radius 2 is 1.65 bits per heavy atom. The summed E-state index contributed by atoms with van der Waals surface area (Å²) < 4.78 is 5.65. The third-order valence-corrected chi connectivity index (χ3v) is 8.95. The highest BCUT2D eigenvalue weighted by Gasteiger charge is 2.70. The molecule has 1 N–H and O–H groups in total. The highest BCUT2D eigenvalue weighted by molar-refractivity contribution is 6.30. The van der Waals surface area contributed by atoms with E-state index in [1.807, 2.05) is 71.8 Å². The van der Waals surface area contributed by atoms with E-state index in [2.05, 4.69) is 5.32 Å². The maximum absolute atomic E-state index is 14.8. The SMILES string of the molecule is N#CCOc1ccccc1C(=O)[C@H]1[C@@H](C(=O)c2ccc(Cl)cc2)[C@@]2(C(=O)Nc3ccccc32)[C@H]2c3ccccc3C=CN12. The number of Topliss-reactive ketones (excluding diaryl/α,β-unsaturated/α-hetero) is 2. The first-order chi connectivity index (χ1) is 21.0.